The summed E-state index contributed by atoms with van der Waals surface area (Å²) in [5.41, 5.74) is -0.0588. The van der Waals surface area contributed by atoms with Crippen molar-refractivity contribution in [1.29, 1.82) is 0 Å². The zero-order chi connectivity index (χ0) is 16.0. The van der Waals surface area contributed by atoms with Gasteiger partial charge in [0.1, 0.15) is 11.3 Å². The van der Waals surface area contributed by atoms with Gasteiger partial charge in [-0.05, 0) is 26.0 Å². The van der Waals surface area contributed by atoms with Gasteiger partial charge in [0.2, 0.25) is 5.91 Å². The molecule has 0 fully saturated rings. The molecule has 5 N–H and O–H groups in total. The highest BCUT2D eigenvalue weighted by molar-refractivity contribution is 5.95. The molecule has 114 valence electrons. The minimum atomic E-state index is -1.27. The largest absolute Gasteiger partial charge is 0.507 e. The van der Waals surface area contributed by atoms with Crippen LogP contribution in [0.5, 0.6) is 5.75 Å². The molecule has 8 heteroatoms. The van der Waals surface area contributed by atoms with Crippen LogP contribution in [0.3, 0.4) is 0 Å². The van der Waals surface area contributed by atoms with Crippen molar-refractivity contribution in [1.82, 2.24) is 10.6 Å². The second-order valence-corrected chi connectivity index (χ2v) is 4.57. The number of amides is 3. The van der Waals surface area contributed by atoms with Gasteiger partial charge in [0, 0.05) is 17.8 Å². The lowest BCUT2D eigenvalue weighted by Crippen LogP contribution is -2.41. The van der Waals surface area contributed by atoms with Crippen LogP contribution in [0, 0.1) is 0 Å². The first-order valence-electron chi connectivity index (χ1n) is 6.20. The Hall–Kier alpha value is -2.77. The predicted molar refractivity (Wildman–Crippen MR) is 75.4 cm³/mol. The molecule has 1 rings (SSSR count). The molecule has 0 aliphatic rings. The molecule has 0 spiro atoms. The molecule has 21 heavy (non-hydrogen) atoms. The molecular weight excluding hydrogens is 278 g/mol. The van der Waals surface area contributed by atoms with Crippen LogP contribution in [-0.4, -0.2) is 40.7 Å². The number of carboxylic acids is 1. The van der Waals surface area contributed by atoms with E-state index in [1.165, 1.54) is 12.1 Å². The van der Waals surface area contributed by atoms with E-state index in [9.17, 15) is 19.5 Å². The molecule has 3 amide bonds. The van der Waals surface area contributed by atoms with Crippen molar-refractivity contribution in [3.63, 3.8) is 0 Å². The van der Waals surface area contributed by atoms with E-state index in [4.69, 9.17) is 5.11 Å². The Kier molecular flexibility index (Phi) is 5.53. The number of benzene rings is 1. The van der Waals surface area contributed by atoms with Crippen LogP contribution in [0.15, 0.2) is 18.2 Å². The SMILES string of the molecule is CC(C)NC(=O)CNC(=O)Nc1ccc(C(=O)O)c(O)c1. The first-order valence-corrected chi connectivity index (χ1v) is 6.20. The van der Waals surface area contributed by atoms with Gasteiger partial charge >= 0.3 is 12.0 Å². The number of anilines is 1. The van der Waals surface area contributed by atoms with Gasteiger partial charge in [-0.1, -0.05) is 0 Å². The van der Waals surface area contributed by atoms with Gasteiger partial charge in [-0.3, -0.25) is 4.79 Å². The van der Waals surface area contributed by atoms with E-state index >= 15 is 0 Å². The van der Waals surface area contributed by atoms with Crippen LogP contribution in [0.2, 0.25) is 0 Å². The Balaban J connectivity index is 2.54. The number of urea groups is 1. The van der Waals surface area contributed by atoms with E-state index in [1.807, 2.05) is 0 Å². The molecule has 0 aromatic heterocycles. The average Bonchev–Trinajstić information content (AvgIpc) is 2.35. The molecule has 0 heterocycles. The summed E-state index contributed by atoms with van der Waals surface area (Å²) in [6, 6.07) is 2.94. The summed E-state index contributed by atoms with van der Waals surface area (Å²) < 4.78 is 0. The molecule has 0 aliphatic carbocycles. The van der Waals surface area contributed by atoms with Crippen LogP contribution in [-0.2, 0) is 4.79 Å². The molecule has 0 saturated carbocycles. The Morgan fingerprint density at radius 2 is 1.90 bits per heavy atom. The van der Waals surface area contributed by atoms with Crippen molar-refractivity contribution in [3.8, 4) is 5.75 Å². The average molecular weight is 295 g/mol. The highest BCUT2D eigenvalue weighted by Crippen LogP contribution is 2.21. The third-order valence-corrected chi connectivity index (χ3v) is 2.35. The quantitative estimate of drug-likeness (QED) is 0.547. The van der Waals surface area contributed by atoms with E-state index < -0.39 is 17.7 Å². The van der Waals surface area contributed by atoms with Crippen molar-refractivity contribution >= 4 is 23.6 Å². The van der Waals surface area contributed by atoms with Crippen molar-refractivity contribution in [2.45, 2.75) is 19.9 Å². The Morgan fingerprint density at radius 1 is 1.24 bits per heavy atom. The van der Waals surface area contributed by atoms with Gasteiger partial charge < -0.3 is 26.2 Å². The van der Waals surface area contributed by atoms with Gasteiger partial charge in [0.15, 0.2) is 0 Å². The van der Waals surface area contributed by atoms with Crippen LogP contribution in [0.25, 0.3) is 0 Å². The predicted octanol–water partition coefficient (Wildman–Crippen LogP) is 0.736. The fourth-order valence-corrected chi connectivity index (χ4v) is 1.50. The monoisotopic (exact) mass is 295 g/mol. The topological polar surface area (TPSA) is 128 Å². The van der Waals surface area contributed by atoms with Gasteiger partial charge in [-0.25, -0.2) is 9.59 Å². The summed E-state index contributed by atoms with van der Waals surface area (Å²) in [4.78, 5) is 33.6. The molecule has 0 saturated heterocycles. The highest BCUT2D eigenvalue weighted by Gasteiger charge is 2.11. The lowest BCUT2D eigenvalue weighted by molar-refractivity contribution is -0.120. The van der Waals surface area contributed by atoms with Gasteiger partial charge in [-0.15, -0.1) is 0 Å². The Morgan fingerprint density at radius 3 is 2.43 bits per heavy atom. The number of carbonyl (C=O) groups is 3. The fraction of sp³-hybridized carbons (Fsp3) is 0.308. The van der Waals surface area contributed by atoms with Crippen molar-refractivity contribution in [3.05, 3.63) is 23.8 Å². The number of phenols is 1. The lowest BCUT2D eigenvalue weighted by Gasteiger charge is -2.10. The fourth-order valence-electron chi connectivity index (χ4n) is 1.50. The summed E-state index contributed by atoms with van der Waals surface area (Å²) in [5, 5.41) is 25.5. The minimum Gasteiger partial charge on any atom is -0.507 e. The number of rotatable bonds is 5. The third-order valence-electron chi connectivity index (χ3n) is 2.35. The zero-order valence-electron chi connectivity index (χ0n) is 11.6. The third kappa shape index (κ3) is 5.39. The summed E-state index contributed by atoms with van der Waals surface area (Å²) in [5.74, 6) is -2.06. The lowest BCUT2D eigenvalue weighted by atomic mass is 10.2. The number of hydrogen-bond acceptors (Lipinski definition) is 4. The second kappa shape index (κ2) is 7.13. The number of carbonyl (C=O) groups excluding carboxylic acids is 2. The molecule has 0 bridgehead atoms. The van der Waals surface area contributed by atoms with Crippen LogP contribution >= 0.6 is 0 Å². The normalized spacial score (nSPS) is 10.0. The molecule has 1 aromatic rings. The summed E-state index contributed by atoms with van der Waals surface area (Å²) in [6.07, 6.45) is 0. The van der Waals surface area contributed by atoms with E-state index in [1.54, 1.807) is 13.8 Å². The first kappa shape index (κ1) is 16.3. The van der Waals surface area contributed by atoms with Crippen LogP contribution < -0.4 is 16.0 Å². The maximum atomic E-state index is 11.5. The number of aromatic hydroxyl groups is 1. The van der Waals surface area contributed by atoms with E-state index in [-0.39, 0.29) is 29.7 Å². The number of aromatic carboxylic acids is 1. The van der Waals surface area contributed by atoms with E-state index in [0.717, 1.165) is 6.07 Å². The molecular formula is C13H17N3O5. The van der Waals surface area contributed by atoms with Crippen molar-refractivity contribution < 1.29 is 24.6 Å². The maximum Gasteiger partial charge on any atom is 0.339 e. The molecule has 0 radical (unpaired) electrons. The molecule has 8 nitrogen and oxygen atoms in total. The van der Waals surface area contributed by atoms with Crippen LogP contribution in [0.4, 0.5) is 10.5 Å². The molecule has 0 aliphatic heterocycles. The Bertz CT molecular complexity index is 557. The minimum absolute atomic E-state index is 0.0251. The maximum absolute atomic E-state index is 11.5. The second-order valence-electron chi connectivity index (χ2n) is 4.57. The summed E-state index contributed by atoms with van der Waals surface area (Å²) >= 11 is 0. The number of hydrogen-bond donors (Lipinski definition) is 5. The Labute approximate surface area is 121 Å². The molecule has 0 unspecified atom stereocenters. The molecule has 1 aromatic carbocycles. The van der Waals surface area contributed by atoms with Crippen LogP contribution in [0.1, 0.15) is 24.2 Å². The number of carboxylic acid groups (broad SMARTS) is 1. The summed E-state index contributed by atoms with van der Waals surface area (Å²) in [6.45, 7) is 3.40. The first-order chi connectivity index (χ1) is 9.79. The summed E-state index contributed by atoms with van der Waals surface area (Å²) in [7, 11) is 0. The van der Waals surface area contributed by atoms with Gasteiger partial charge in [0.25, 0.3) is 0 Å². The van der Waals surface area contributed by atoms with E-state index in [2.05, 4.69) is 16.0 Å². The number of nitrogens with one attached hydrogen (secondary N) is 3. The van der Waals surface area contributed by atoms with Gasteiger partial charge in [0.05, 0.1) is 6.54 Å². The van der Waals surface area contributed by atoms with Gasteiger partial charge in [-0.2, -0.15) is 0 Å². The van der Waals surface area contributed by atoms with E-state index in [0.29, 0.717) is 0 Å². The van der Waals surface area contributed by atoms with Crippen molar-refractivity contribution in [2.24, 2.45) is 0 Å². The molecule has 0 atom stereocenters. The highest BCUT2D eigenvalue weighted by atomic mass is 16.4. The standard InChI is InChI=1S/C13H17N3O5/c1-7(2)15-11(18)6-14-13(21)16-8-3-4-9(12(19)20)10(17)5-8/h3-5,7,17H,6H2,1-2H3,(H,15,18)(H,19,20)(H2,14,16,21). The smallest absolute Gasteiger partial charge is 0.339 e. The zero-order valence-corrected chi connectivity index (χ0v) is 11.6. The van der Waals surface area contributed by atoms with Crippen molar-refractivity contribution in [2.75, 3.05) is 11.9 Å².